The molecule has 4 N–H and O–H groups in total. The van der Waals surface area contributed by atoms with Crippen molar-refractivity contribution in [3.63, 3.8) is 0 Å². The summed E-state index contributed by atoms with van der Waals surface area (Å²) in [7, 11) is 0. The van der Waals surface area contributed by atoms with Crippen molar-refractivity contribution in [1.29, 1.82) is 0 Å². The lowest BCUT2D eigenvalue weighted by Crippen LogP contribution is -2.36. The summed E-state index contributed by atoms with van der Waals surface area (Å²) in [5, 5.41) is 0. The molecular weight excluding hydrogens is 216 g/mol. The Morgan fingerprint density at radius 1 is 1.29 bits per heavy atom. The third-order valence-corrected chi connectivity index (χ3v) is 2.45. The lowest BCUT2D eigenvalue weighted by Gasteiger charge is -2.15. The summed E-state index contributed by atoms with van der Waals surface area (Å²) < 4.78 is 0. The fourth-order valence-corrected chi connectivity index (χ4v) is 1.58. The quantitative estimate of drug-likeness (QED) is 0.374. The van der Waals surface area contributed by atoms with E-state index in [1.54, 1.807) is 6.21 Å². The zero-order valence-electron chi connectivity index (χ0n) is 9.58. The number of hydrogen-bond donors (Lipinski definition) is 2. The van der Waals surface area contributed by atoms with Gasteiger partial charge in [0.1, 0.15) is 0 Å². The maximum Gasteiger partial charge on any atom is 0.223 e. The smallest absolute Gasteiger partial charge is 0.223 e. The molecule has 0 fully saturated rings. The van der Waals surface area contributed by atoms with Gasteiger partial charge in [-0.15, -0.1) is 0 Å². The molecule has 0 saturated carbocycles. The standard InChI is InChI=1S/C11H16N6/c12-10(15-9-4-3-5-14-8-9)16-11(13)17-6-1-2-7-17/h1-2,4,8H,3,5-7H2,(H4,12,13,15,16). The highest BCUT2D eigenvalue weighted by Crippen LogP contribution is 2.03. The number of rotatable bonds is 1. The molecule has 0 spiro atoms. The predicted molar refractivity (Wildman–Crippen MR) is 70.0 cm³/mol. The van der Waals surface area contributed by atoms with Gasteiger partial charge in [0.2, 0.25) is 5.96 Å². The van der Waals surface area contributed by atoms with Crippen molar-refractivity contribution in [3.05, 3.63) is 23.9 Å². The van der Waals surface area contributed by atoms with E-state index in [1.807, 2.05) is 23.1 Å². The van der Waals surface area contributed by atoms with Crippen LogP contribution in [0.15, 0.2) is 38.9 Å². The number of hydrogen-bond acceptors (Lipinski definition) is 2. The Kier molecular flexibility index (Phi) is 3.54. The van der Waals surface area contributed by atoms with Gasteiger partial charge in [-0.2, -0.15) is 4.99 Å². The second-order valence-corrected chi connectivity index (χ2v) is 3.77. The normalized spacial score (nSPS) is 20.9. The van der Waals surface area contributed by atoms with Gasteiger partial charge in [0, 0.05) is 25.8 Å². The van der Waals surface area contributed by atoms with Gasteiger partial charge < -0.3 is 16.4 Å². The molecule has 6 heteroatoms. The number of aliphatic imine (C=N–C) groups is 3. The van der Waals surface area contributed by atoms with Crippen LogP contribution in [0.5, 0.6) is 0 Å². The van der Waals surface area contributed by atoms with Gasteiger partial charge in [-0.1, -0.05) is 18.2 Å². The van der Waals surface area contributed by atoms with Crippen LogP contribution in [0.4, 0.5) is 0 Å². The maximum absolute atomic E-state index is 5.81. The Hall–Kier alpha value is -2.11. The summed E-state index contributed by atoms with van der Waals surface area (Å²) in [6.07, 6.45) is 8.62. The molecule has 0 aromatic rings. The first kappa shape index (κ1) is 11.4. The van der Waals surface area contributed by atoms with Crippen LogP contribution in [-0.2, 0) is 0 Å². The molecule has 0 amide bonds. The minimum Gasteiger partial charge on any atom is -0.369 e. The second-order valence-electron chi connectivity index (χ2n) is 3.77. The summed E-state index contributed by atoms with van der Waals surface area (Å²) in [5.41, 5.74) is 12.3. The molecule has 90 valence electrons. The first-order valence-electron chi connectivity index (χ1n) is 5.54. The Morgan fingerprint density at radius 3 is 2.71 bits per heavy atom. The van der Waals surface area contributed by atoms with Crippen molar-refractivity contribution in [1.82, 2.24) is 4.90 Å². The van der Waals surface area contributed by atoms with E-state index in [4.69, 9.17) is 11.5 Å². The second kappa shape index (κ2) is 5.29. The number of dihydropyridines is 1. The van der Waals surface area contributed by atoms with E-state index in [9.17, 15) is 0 Å². The van der Waals surface area contributed by atoms with E-state index in [1.165, 1.54) is 0 Å². The Morgan fingerprint density at radius 2 is 2.06 bits per heavy atom. The summed E-state index contributed by atoms with van der Waals surface area (Å²) in [4.78, 5) is 14.2. The third-order valence-electron chi connectivity index (χ3n) is 2.45. The average molecular weight is 232 g/mol. The third kappa shape index (κ3) is 3.17. The van der Waals surface area contributed by atoms with Crippen molar-refractivity contribution >= 4 is 18.1 Å². The average Bonchev–Trinajstić information content (AvgIpc) is 2.83. The van der Waals surface area contributed by atoms with Gasteiger partial charge >= 0.3 is 0 Å². The van der Waals surface area contributed by atoms with Crippen LogP contribution in [0.25, 0.3) is 0 Å². The van der Waals surface area contributed by atoms with E-state index in [0.717, 1.165) is 31.8 Å². The lowest BCUT2D eigenvalue weighted by molar-refractivity contribution is 0.534. The number of guanidine groups is 2. The molecule has 0 aliphatic carbocycles. The molecule has 0 aromatic heterocycles. The van der Waals surface area contributed by atoms with E-state index in [2.05, 4.69) is 15.0 Å². The molecule has 0 radical (unpaired) electrons. The largest absolute Gasteiger partial charge is 0.369 e. The molecular formula is C11H16N6. The van der Waals surface area contributed by atoms with Gasteiger partial charge in [0.25, 0.3) is 0 Å². The molecule has 2 rings (SSSR count). The molecule has 0 atom stereocenters. The minimum absolute atomic E-state index is 0.161. The van der Waals surface area contributed by atoms with E-state index in [-0.39, 0.29) is 5.96 Å². The summed E-state index contributed by atoms with van der Waals surface area (Å²) in [6, 6.07) is 0. The van der Waals surface area contributed by atoms with Crippen LogP contribution in [0.1, 0.15) is 6.42 Å². The van der Waals surface area contributed by atoms with Crippen LogP contribution >= 0.6 is 0 Å². The number of nitrogens with zero attached hydrogens (tertiary/aromatic N) is 4. The lowest BCUT2D eigenvalue weighted by atomic mass is 10.3. The number of allylic oxidation sites excluding steroid dienone is 1. The topological polar surface area (TPSA) is 92.4 Å². The molecule has 2 aliphatic heterocycles. The van der Waals surface area contributed by atoms with Crippen molar-refractivity contribution in [3.8, 4) is 0 Å². The maximum atomic E-state index is 5.81. The molecule has 17 heavy (non-hydrogen) atoms. The van der Waals surface area contributed by atoms with E-state index >= 15 is 0 Å². The molecule has 0 bridgehead atoms. The van der Waals surface area contributed by atoms with Crippen LogP contribution in [-0.4, -0.2) is 42.7 Å². The minimum atomic E-state index is 0.161. The Balaban J connectivity index is 2.01. The Labute approximate surface area is 100 Å². The number of nitrogens with two attached hydrogens (primary N) is 2. The molecule has 0 unspecified atom stereocenters. The van der Waals surface area contributed by atoms with E-state index < -0.39 is 0 Å². The van der Waals surface area contributed by atoms with Crippen LogP contribution in [0.3, 0.4) is 0 Å². The summed E-state index contributed by atoms with van der Waals surface area (Å²) >= 11 is 0. The van der Waals surface area contributed by atoms with Gasteiger partial charge in [-0.3, -0.25) is 4.99 Å². The molecule has 2 heterocycles. The molecule has 2 aliphatic rings. The highest BCUT2D eigenvalue weighted by molar-refractivity contribution is 5.95. The van der Waals surface area contributed by atoms with Gasteiger partial charge in [-0.05, 0) is 6.42 Å². The molecule has 0 saturated heterocycles. The molecule has 0 aromatic carbocycles. The van der Waals surface area contributed by atoms with Gasteiger partial charge in [0.05, 0.1) is 5.70 Å². The highest BCUT2D eigenvalue weighted by atomic mass is 15.3. The van der Waals surface area contributed by atoms with E-state index in [0.29, 0.717) is 5.96 Å². The first-order valence-corrected chi connectivity index (χ1v) is 5.54. The predicted octanol–water partition coefficient (Wildman–Crippen LogP) is -0.154. The highest BCUT2D eigenvalue weighted by Gasteiger charge is 2.09. The summed E-state index contributed by atoms with van der Waals surface area (Å²) in [5.74, 6) is 0.554. The zero-order chi connectivity index (χ0) is 12.1. The SMILES string of the molecule is NC(=NC1=CCCN=C1)N=C(N)N1CC=CC1. The summed E-state index contributed by atoms with van der Waals surface area (Å²) in [6.45, 7) is 2.35. The fourth-order valence-electron chi connectivity index (χ4n) is 1.58. The van der Waals surface area contributed by atoms with Crippen LogP contribution < -0.4 is 11.5 Å². The van der Waals surface area contributed by atoms with Crippen LogP contribution in [0, 0.1) is 0 Å². The van der Waals surface area contributed by atoms with Crippen molar-refractivity contribution in [2.75, 3.05) is 19.6 Å². The van der Waals surface area contributed by atoms with Gasteiger partial charge in [0.15, 0.2) is 5.96 Å². The zero-order valence-corrected chi connectivity index (χ0v) is 9.58. The van der Waals surface area contributed by atoms with Crippen molar-refractivity contribution in [2.45, 2.75) is 6.42 Å². The monoisotopic (exact) mass is 232 g/mol. The first-order chi connectivity index (χ1) is 8.25. The Bertz CT molecular complexity index is 421. The van der Waals surface area contributed by atoms with Crippen LogP contribution in [0.2, 0.25) is 0 Å². The van der Waals surface area contributed by atoms with Gasteiger partial charge in [-0.25, -0.2) is 4.99 Å². The van der Waals surface area contributed by atoms with Crippen molar-refractivity contribution in [2.24, 2.45) is 26.4 Å². The molecule has 6 nitrogen and oxygen atoms in total. The fraction of sp³-hybridized carbons (Fsp3) is 0.364. The van der Waals surface area contributed by atoms with Crippen molar-refractivity contribution < 1.29 is 0 Å².